The molecular weight excluding hydrogens is 408 g/mol. The highest BCUT2D eigenvalue weighted by molar-refractivity contribution is 7.18. The number of urea groups is 1. The van der Waals surface area contributed by atoms with Crippen LogP contribution in [0.1, 0.15) is 17.8 Å². The largest absolute Gasteiger partial charge is 0.378 e. The maximum atomic E-state index is 12.5. The smallest absolute Gasteiger partial charge is 0.319 e. The molecule has 29 heavy (non-hydrogen) atoms. The molecule has 1 atom stereocenters. The summed E-state index contributed by atoms with van der Waals surface area (Å²) in [5.41, 5.74) is 2.54. The SMILES string of the molecule is C[C@@H](CNC(=O)Nc1cccc(Cl)c1N1CCOCC1)c1nc2ccccc2s1. The van der Waals surface area contributed by atoms with E-state index >= 15 is 0 Å². The van der Waals surface area contributed by atoms with E-state index in [9.17, 15) is 4.79 Å². The van der Waals surface area contributed by atoms with E-state index in [1.807, 2.05) is 36.4 Å². The molecule has 2 heterocycles. The second-order valence-electron chi connectivity index (χ2n) is 6.99. The van der Waals surface area contributed by atoms with Crippen molar-refractivity contribution in [3.05, 3.63) is 52.5 Å². The van der Waals surface area contributed by atoms with Crippen molar-refractivity contribution >= 4 is 50.6 Å². The number of hydrogen-bond donors (Lipinski definition) is 2. The van der Waals surface area contributed by atoms with Crippen molar-refractivity contribution < 1.29 is 9.53 Å². The second-order valence-corrected chi connectivity index (χ2v) is 8.46. The number of nitrogens with one attached hydrogen (secondary N) is 2. The van der Waals surface area contributed by atoms with Gasteiger partial charge in [0.15, 0.2) is 0 Å². The van der Waals surface area contributed by atoms with E-state index in [2.05, 4.69) is 33.5 Å². The van der Waals surface area contributed by atoms with E-state index in [0.717, 1.165) is 34.0 Å². The summed E-state index contributed by atoms with van der Waals surface area (Å²) < 4.78 is 6.58. The number of carbonyl (C=O) groups excluding carboxylic acids is 1. The maximum absolute atomic E-state index is 12.5. The number of fused-ring (bicyclic) bond motifs is 1. The summed E-state index contributed by atoms with van der Waals surface area (Å²) in [7, 11) is 0. The van der Waals surface area contributed by atoms with Gasteiger partial charge in [-0.15, -0.1) is 11.3 Å². The average Bonchev–Trinajstić information content (AvgIpc) is 3.17. The van der Waals surface area contributed by atoms with Gasteiger partial charge < -0.3 is 20.3 Å². The molecule has 1 saturated heterocycles. The summed E-state index contributed by atoms with van der Waals surface area (Å²) in [5, 5.41) is 7.54. The average molecular weight is 431 g/mol. The summed E-state index contributed by atoms with van der Waals surface area (Å²) in [6.07, 6.45) is 0. The van der Waals surface area contributed by atoms with Gasteiger partial charge in [0.05, 0.1) is 44.8 Å². The Bertz CT molecular complexity index is 970. The predicted molar refractivity (Wildman–Crippen MR) is 120 cm³/mol. The number of benzene rings is 2. The summed E-state index contributed by atoms with van der Waals surface area (Å²) in [6, 6.07) is 13.4. The topological polar surface area (TPSA) is 66.5 Å². The van der Waals surface area contributed by atoms with Crippen molar-refractivity contribution in [3.8, 4) is 0 Å². The van der Waals surface area contributed by atoms with Crippen LogP contribution in [0.25, 0.3) is 10.2 Å². The van der Waals surface area contributed by atoms with Crippen LogP contribution >= 0.6 is 22.9 Å². The molecule has 1 fully saturated rings. The van der Waals surface area contributed by atoms with E-state index in [1.54, 1.807) is 11.3 Å². The van der Waals surface area contributed by atoms with E-state index in [1.165, 1.54) is 0 Å². The molecule has 0 unspecified atom stereocenters. The summed E-state index contributed by atoms with van der Waals surface area (Å²) in [5.74, 6) is 0.122. The molecule has 152 valence electrons. The lowest BCUT2D eigenvalue weighted by atomic mass is 10.2. The third kappa shape index (κ3) is 4.63. The molecule has 1 aliphatic rings. The Kier molecular flexibility index (Phi) is 6.18. The molecule has 4 rings (SSSR count). The Labute approximate surface area is 178 Å². The highest BCUT2D eigenvalue weighted by Crippen LogP contribution is 2.34. The van der Waals surface area contributed by atoms with Gasteiger partial charge >= 0.3 is 6.03 Å². The predicted octanol–water partition coefficient (Wildman–Crippen LogP) is 4.71. The van der Waals surface area contributed by atoms with Gasteiger partial charge in [-0.25, -0.2) is 9.78 Å². The Morgan fingerprint density at radius 1 is 1.24 bits per heavy atom. The number of para-hydroxylation sites is 2. The van der Waals surface area contributed by atoms with Gasteiger partial charge in [-0.3, -0.25) is 0 Å². The normalized spacial score (nSPS) is 15.3. The maximum Gasteiger partial charge on any atom is 0.319 e. The second kappa shape index (κ2) is 8.98. The Morgan fingerprint density at radius 2 is 2.03 bits per heavy atom. The number of halogens is 1. The molecule has 6 nitrogen and oxygen atoms in total. The number of hydrogen-bond acceptors (Lipinski definition) is 5. The Balaban J connectivity index is 1.40. The zero-order valence-electron chi connectivity index (χ0n) is 16.2. The van der Waals surface area contributed by atoms with Gasteiger partial charge in [-0.05, 0) is 24.3 Å². The first-order valence-corrected chi connectivity index (χ1v) is 10.8. The molecule has 8 heteroatoms. The summed E-state index contributed by atoms with van der Waals surface area (Å²) in [6.45, 7) is 5.35. The fourth-order valence-electron chi connectivity index (χ4n) is 3.32. The van der Waals surface area contributed by atoms with Crippen LogP contribution in [0.2, 0.25) is 5.02 Å². The number of thiazole rings is 1. The van der Waals surface area contributed by atoms with Gasteiger partial charge in [0.25, 0.3) is 0 Å². The quantitative estimate of drug-likeness (QED) is 0.615. The lowest BCUT2D eigenvalue weighted by Crippen LogP contribution is -2.37. The van der Waals surface area contributed by atoms with Gasteiger partial charge in [-0.1, -0.05) is 36.7 Å². The van der Waals surface area contributed by atoms with Crippen molar-refractivity contribution in [2.75, 3.05) is 43.1 Å². The number of morpholine rings is 1. The van der Waals surface area contributed by atoms with Gasteiger partial charge in [-0.2, -0.15) is 0 Å². The highest BCUT2D eigenvalue weighted by Gasteiger charge is 2.19. The van der Waals surface area contributed by atoms with Crippen LogP contribution in [0.3, 0.4) is 0 Å². The number of anilines is 2. The fraction of sp³-hybridized carbons (Fsp3) is 0.333. The van der Waals surface area contributed by atoms with E-state index in [4.69, 9.17) is 16.3 Å². The number of amides is 2. The molecule has 0 saturated carbocycles. The van der Waals surface area contributed by atoms with Crippen molar-refractivity contribution in [2.24, 2.45) is 0 Å². The van der Waals surface area contributed by atoms with Gasteiger partial charge in [0, 0.05) is 25.6 Å². The molecule has 2 N–H and O–H groups in total. The van der Waals surface area contributed by atoms with Gasteiger partial charge in [0.2, 0.25) is 0 Å². The van der Waals surface area contributed by atoms with Crippen LogP contribution in [0.4, 0.5) is 16.2 Å². The zero-order chi connectivity index (χ0) is 20.2. The molecule has 0 bridgehead atoms. The van der Waals surface area contributed by atoms with Crippen molar-refractivity contribution in [1.29, 1.82) is 0 Å². The van der Waals surface area contributed by atoms with E-state index < -0.39 is 0 Å². The molecule has 0 radical (unpaired) electrons. The molecular formula is C21H23ClN4O2S. The minimum atomic E-state index is -0.255. The molecule has 0 aliphatic carbocycles. The van der Waals surface area contributed by atoms with Crippen molar-refractivity contribution in [3.63, 3.8) is 0 Å². The summed E-state index contributed by atoms with van der Waals surface area (Å²) >= 11 is 8.10. The molecule has 0 spiro atoms. The number of carbonyl (C=O) groups is 1. The zero-order valence-corrected chi connectivity index (χ0v) is 17.7. The number of nitrogens with zero attached hydrogens (tertiary/aromatic N) is 2. The first-order chi connectivity index (χ1) is 14.1. The van der Waals surface area contributed by atoms with Crippen molar-refractivity contribution in [1.82, 2.24) is 10.3 Å². The Hall–Kier alpha value is -2.35. The fourth-order valence-corrected chi connectivity index (χ4v) is 4.64. The van der Waals surface area contributed by atoms with Crippen LogP contribution in [-0.2, 0) is 4.74 Å². The first-order valence-electron chi connectivity index (χ1n) is 9.63. The first kappa shape index (κ1) is 19.9. The molecule has 2 aromatic carbocycles. The lowest BCUT2D eigenvalue weighted by Gasteiger charge is -2.31. The number of ether oxygens (including phenoxy) is 1. The number of rotatable bonds is 5. The number of aromatic nitrogens is 1. The Morgan fingerprint density at radius 3 is 2.83 bits per heavy atom. The van der Waals surface area contributed by atoms with Crippen LogP contribution in [0.15, 0.2) is 42.5 Å². The standard InChI is InChI=1S/C21H23ClN4O2S/c1-14(20-24-16-6-2-3-8-18(16)29-20)13-23-21(27)25-17-7-4-5-15(22)19(17)26-9-11-28-12-10-26/h2-8,14H,9-13H2,1H3,(H2,23,25,27)/t14-/m0/s1. The molecule has 2 amide bonds. The highest BCUT2D eigenvalue weighted by atomic mass is 35.5. The van der Waals surface area contributed by atoms with Crippen LogP contribution in [0.5, 0.6) is 0 Å². The lowest BCUT2D eigenvalue weighted by molar-refractivity contribution is 0.123. The van der Waals surface area contributed by atoms with E-state index in [0.29, 0.717) is 30.5 Å². The van der Waals surface area contributed by atoms with Crippen LogP contribution in [0, 0.1) is 0 Å². The molecule has 3 aromatic rings. The molecule has 1 aromatic heterocycles. The van der Waals surface area contributed by atoms with E-state index in [-0.39, 0.29) is 11.9 Å². The summed E-state index contributed by atoms with van der Waals surface area (Å²) in [4.78, 5) is 19.4. The third-order valence-electron chi connectivity index (χ3n) is 4.86. The van der Waals surface area contributed by atoms with Gasteiger partial charge in [0.1, 0.15) is 0 Å². The minimum Gasteiger partial charge on any atom is -0.378 e. The third-order valence-corrected chi connectivity index (χ3v) is 6.44. The monoisotopic (exact) mass is 430 g/mol. The van der Waals surface area contributed by atoms with Crippen molar-refractivity contribution in [2.45, 2.75) is 12.8 Å². The minimum absolute atomic E-state index is 0.122. The van der Waals surface area contributed by atoms with Crippen LogP contribution in [-0.4, -0.2) is 43.9 Å². The molecule has 1 aliphatic heterocycles. The van der Waals surface area contributed by atoms with Crippen LogP contribution < -0.4 is 15.5 Å².